The zero-order valence-corrected chi connectivity index (χ0v) is 52.4. The van der Waals surface area contributed by atoms with Crippen LogP contribution in [-0.2, 0) is 21.7 Å². The molecule has 0 unspecified atom stereocenters. The maximum Gasteiger partial charge on any atom is 0.333 e. The van der Waals surface area contributed by atoms with Crippen molar-refractivity contribution in [3.8, 4) is 33.4 Å². The third-order valence-corrected chi connectivity index (χ3v) is 21.2. The number of para-hydroxylation sites is 2. The molecule has 2 aliphatic heterocycles. The van der Waals surface area contributed by atoms with Crippen molar-refractivity contribution in [3.63, 3.8) is 0 Å². The molecule has 0 saturated carbocycles. The smallest absolute Gasteiger partial charge is 0.333 e. The molecule has 0 saturated heterocycles. The summed E-state index contributed by atoms with van der Waals surface area (Å²) < 4.78 is 14.4. The molecule has 0 amide bonds. The Hall–Kier alpha value is -9.52. The van der Waals surface area contributed by atoms with Gasteiger partial charge in [-0.25, -0.2) is 0 Å². The van der Waals surface area contributed by atoms with Gasteiger partial charge in [0.1, 0.15) is 16.7 Å². The SMILES string of the molecule is Cc1cc2c(cc1N1c3ccc(N(c4cccc(-c5ccccc5)c4)c4cccc(-c5ccccc5)c4)cc3B3c4c(cc5c(oc6ccccc65)c41)-c1ccc4oc5ccccc5c4c1N3c1ccc3c(c1)C(C)(C)CCC3(C)C)C(C)(C)CCC2(C)C. The Labute approximate surface area is 523 Å². The molecule has 17 rings (SSSR count). The molecule has 11 aromatic carbocycles. The minimum Gasteiger partial charge on any atom is -0.456 e. The van der Waals surface area contributed by atoms with Gasteiger partial charge in [0.05, 0.1) is 11.1 Å². The van der Waals surface area contributed by atoms with E-state index in [0.29, 0.717) is 0 Å². The topological polar surface area (TPSA) is 36.0 Å². The Kier molecular flexibility index (Phi) is 11.6. The number of fused-ring (bicyclic) bond motifs is 14. The number of hydrogen-bond acceptors (Lipinski definition) is 5. The molecule has 4 heterocycles. The molecule has 434 valence electrons. The highest BCUT2D eigenvalue weighted by atomic mass is 16.3. The molecular formula is C83H72BN3O2. The predicted molar refractivity (Wildman–Crippen MR) is 376 cm³/mol. The zero-order valence-electron chi connectivity index (χ0n) is 52.4. The first-order valence-electron chi connectivity index (χ1n) is 32.1. The first-order chi connectivity index (χ1) is 43.0. The van der Waals surface area contributed by atoms with Gasteiger partial charge >= 0.3 is 6.85 Å². The molecule has 0 spiro atoms. The Morgan fingerprint density at radius 2 is 0.944 bits per heavy atom. The molecule has 0 radical (unpaired) electrons. The summed E-state index contributed by atoms with van der Waals surface area (Å²) in [6, 6.07) is 84.1. The van der Waals surface area contributed by atoms with Crippen LogP contribution in [-0.4, -0.2) is 6.85 Å². The second-order valence-corrected chi connectivity index (χ2v) is 28.6. The lowest BCUT2D eigenvalue weighted by Gasteiger charge is -2.48. The van der Waals surface area contributed by atoms with Crippen LogP contribution in [0.5, 0.6) is 0 Å². The highest BCUT2D eigenvalue weighted by Gasteiger charge is 2.50. The Balaban J connectivity index is 1.03. The summed E-state index contributed by atoms with van der Waals surface area (Å²) in [6.07, 6.45) is 4.48. The van der Waals surface area contributed by atoms with Crippen LogP contribution < -0.4 is 25.5 Å². The molecule has 89 heavy (non-hydrogen) atoms. The normalized spacial score (nSPS) is 16.5. The largest absolute Gasteiger partial charge is 0.456 e. The summed E-state index contributed by atoms with van der Waals surface area (Å²) in [7, 11) is 0. The van der Waals surface area contributed by atoms with Gasteiger partial charge in [0.2, 0.25) is 0 Å². The number of aryl methyl sites for hydroxylation is 1. The number of hydrogen-bond donors (Lipinski definition) is 0. The molecule has 6 heteroatoms. The first kappa shape index (κ1) is 53.7. The second kappa shape index (κ2) is 19.2. The predicted octanol–water partition coefficient (Wildman–Crippen LogP) is 22.0. The summed E-state index contributed by atoms with van der Waals surface area (Å²) in [5, 5.41) is 4.43. The fourth-order valence-corrected chi connectivity index (χ4v) is 16.2. The van der Waals surface area contributed by atoms with Gasteiger partial charge in [-0.1, -0.05) is 189 Å². The van der Waals surface area contributed by atoms with Crippen LogP contribution in [0.1, 0.15) is 109 Å². The van der Waals surface area contributed by atoms with Crippen LogP contribution in [0.4, 0.5) is 45.5 Å². The van der Waals surface area contributed by atoms with Crippen molar-refractivity contribution >= 4 is 107 Å². The minimum atomic E-state index is -0.366. The number of anilines is 8. The van der Waals surface area contributed by atoms with Crippen LogP contribution >= 0.6 is 0 Å². The van der Waals surface area contributed by atoms with E-state index in [2.05, 4.69) is 301 Å². The summed E-state index contributed by atoms with van der Waals surface area (Å²) in [5.41, 5.74) is 28.8. The molecule has 0 fully saturated rings. The number of benzene rings is 11. The minimum absolute atomic E-state index is 0.0202. The lowest BCUT2D eigenvalue weighted by molar-refractivity contribution is 0.332. The second-order valence-electron chi connectivity index (χ2n) is 28.6. The monoisotopic (exact) mass is 1150 g/mol. The van der Waals surface area contributed by atoms with Crippen molar-refractivity contribution in [2.24, 2.45) is 0 Å². The van der Waals surface area contributed by atoms with E-state index in [1.807, 2.05) is 0 Å². The van der Waals surface area contributed by atoms with E-state index in [0.717, 1.165) is 120 Å². The van der Waals surface area contributed by atoms with Gasteiger partial charge in [0.15, 0.2) is 5.58 Å². The molecule has 2 aliphatic carbocycles. The van der Waals surface area contributed by atoms with Crippen LogP contribution in [0.2, 0.25) is 0 Å². The van der Waals surface area contributed by atoms with Gasteiger partial charge in [-0.2, -0.15) is 0 Å². The Bertz CT molecular complexity index is 5000. The molecule has 2 aromatic heterocycles. The lowest BCUT2D eigenvalue weighted by Crippen LogP contribution is -2.61. The lowest BCUT2D eigenvalue weighted by atomic mass is 9.43. The van der Waals surface area contributed by atoms with Crippen LogP contribution in [0, 0.1) is 6.92 Å². The van der Waals surface area contributed by atoms with E-state index in [1.54, 1.807) is 0 Å². The van der Waals surface area contributed by atoms with E-state index < -0.39 is 0 Å². The summed E-state index contributed by atoms with van der Waals surface area (Å²) in [4.78, 5) is 7.86. The fraction of sp³-hybridized carbons (Fsp3) is 0.205. The molecule has 5 nitrogen and oxygen atoms in total. The fourth-order valence-electron chi connectivity index (χ4n) is 16.2. The Morgan fingerprint density at radius 1 is 0.393 bits per heavy atom. The van der Waals surface area contributed by atoms with Crippen molar-refractivity contribution in [3.05, 3.63) is 252 Å². The van der Waals surface area contributed by atoms with Crippen molar-refractivity contribution in [1.82, 2.24) is 0 Å². The molecule has 13 aromatic rings. The summed E-state index contributed by atoms with van der Waals surface area (Å²) in [5.74, 6) is 0. The Morgan fingerprint density at radius 3 is 1.60 bits per heavy atom. The van der Waals surface area contributed by atoms with E-state index in [9.17, 15) is 0 Å². The molecule has 4 aliphatic rings. The summed E-state index contributed by atoms with van der Waals surface area (Å²) >= 11 is 0. The van der Waals surface area contributed by atoms with Gasteiger partial charge < -0.3 is 23.4 Å². The number of rotatable bonds is 7. The van der Waals surface area contributed by atoms with Crippen molar-refractivity contribution in [2.45, 2.75) is 110 Å². The number of nitrogens with zero attached hydrogens (tertiary/aromatic N) is 3. The molecule has 0 N–H and O–H groups in total. The third kappa shape index (κ3) is 8.14. The van der Waals surface area contributed by atoms with E-state index in [-0.39, 0.29) is 28.5 Å². The first-order valence-corrected chi connectivity index (χ1v) is 32.1. The quantitative estimate of drug-likeness (QED) is 0.149. The standard InChI is InChI=1S/C83H72BN3O2/c1-51-44-66-68(83(8,9)43-42-81(66,4)5)50-71(51)86-70-38-35-58(85(56-28-20-26-54(45-56)52-22-12-10-13-23-52)57-29-21-27-55(46-57)53-24-14-11-15-25-53)48-69(70)84-76-63(49-64-60-30-16-18-32-72(60)89-79(64)78(76)86)61-36-39-74-75(62-31-17-19-33-73(62)88-74)77(61)87(84)59-34-37-65-67(47-59)82(6,7)41-40-80(65,2)3/h10-39,44-50H,40-43H2,1-9H3. The van der Waals surface area contributed by atoms with E-state index in [1.165, 1.54) is 66.7 Å². The van der Waals surface area contributed by atoms with Gasteiger partial charge in [-0.15, -0.1) is 0 Å². The molecular weight excluding hydrogens is 1080 g/mol. The maximum absolute atomic E-state index is 7.47. The van der Waals surface area contributed by atoms with Crippen LogP contribution in [0.3, 0.4) is 0 Å². The van der Waals surface area contributed by atoms with Gasteiger partial charge in [-0.05, 0) is 212 Å². The highest BCUT2D eigenvalue weighted by Crippen LogP contribution is 2.57. The highest BCUT2D eigenvalue weighted by molar-refractivity contribution is 6.94. The van der Waals surface area contributed by atoms with Crippen LogP contribution in [0.25, 0.3) is 77.3 Å². The van der Waals surface area contributed by atoms with Crippen molar-refractivity contribution in [2.75, 3.05) is 14.6 Å². The number of furan rings is 2. The van der Waals surface area contributed by atoms with Crippen molar-refractivity contribution < 1.29 is 8.83 Å². The maximum atomic E-state index is 7.47. The average Bonchev–Trinajstić information content (AvgIpc) is 1.65. The van der Waals surface area contributed by atoms with Gasteiger partial charge in [0, 0.05) is 61.5 Å². The van der Waals surface area contributed by atoms with Gasteiger partial charge in [-0.3, -0.25) is 0 Å². The molecule has 0 atom stereocenters. The van der Waals surface area contributed by atoms with Crippen molar-refractivity contribution in [1.29, 1.82) is 0 Å². The molecule has 0 bridgehead atoms. The zero-order chi connectivity index (χ0) is 60.5. The third-order valence-electron chi connectivity index (χ3n) is 21.2. The average molecular weight is 1150 g/mol. The van der Waals surface area contributed by atoms with E-state index in [4.69, 9.17) is 8.83 Å². The van der Waals surface area contributed by atoms with Gasteiger partial charge in [0.25, 0.3) is 0 Å². The van der Waals surface area contributed by atoms with E-state index >= 15 is 0 Å². The summed E-state index contributed by atoms with van der Waals surface area (Å²) in [6.45, 7) is 21.6. The van der Waals surface area contributed by atoms with Crippen LogP contribution in [0.15, 0.2) is 233 Å².